The Morgan fingerprint density at radius 2 is 1.93 bits per heavy atom. The molecule has 10 heteroatoms. The van der Waals surface area contributed by atoms with E-state index >= 15 is 0 Å². The van der Waals surface area contributed by atoms with Crippen LogP contribution in [0, 0.1) is 10.1 Å². The quantitative estimate of drug-likeness (QED) is 0.283. The summed E-state index contributed by atoms with van der Waals surface area (Å²) >= 11 is 13.4. The van der Waals surface area contributed by atoms with E-state index in [0.29, 0.717) is 26.6 Å². The molecule has 0 unspecified atom stereocenters. The summed E-state index contributed by atoms with van der Waals surface area (Å²) in [7, 11) is 0. The van der Waals surface area contributed by atoms with Gasteiger partial charge in [0.05, 0.1) is 21.0 Å². The Bertz CT molecular complexity index is 1590. The maximum absolute atomic E-state index is 12.8. The van der Waals surface area contributed by atoms with Crippen molar-refractivity contribution in [1.82, 2.24) is 9.38 Å². The number of aromatic nitrogens is 2. The summed E-state index contributed by atoms with van der Waals surface area (Å²) in [6.45, 7) is 0. The van der Waals surface area contributed by atoms with E-state index in [1.165, 1.54) is 23.5 Å². The molecule has 30 heavy (non-hydrogen) atoms. The van der Waals surface area contributed by atoms with E-state index in [0.717, 1.165) is 11.0 Å². The van der Waals surface area contributed by atoms with Crippen LogP contribution in [-0.2, 0) is 0 Å². The van der Waals surface area contributed by atoms with Gasteiger partial charge in [0, 0.05) is 17.7 Å². The van der Waals surface area contributed by atoms with Crippen molar-refractivity contribution in [3.8, 4) is 11.3 Å². The molecule has 0 aliphatic carbocycles. The van der Waals surface area contributed by atoms with Gasteiger partial charge in [-0.15, -0.1) is 0 Å². The van der Waals surface area contributed by atoms with Crippen LogP contribution in [0.5, 0.6) is 0 Å². The molecule has 148 valence electrons. The van der Waals surface area contributed by atoms with Crippen molar-refractivity contribution in [3.05, 3.63) is 89.3 Å². The lowest BCUT2D eigenvalue weighted by molar-refractivity contribution is -0.384. The number of rotatable bonds is 3. The van der Waals surface area contributed by atoms with Gasteiger partial charge in [-0.2, -0.15) is 0 Å². The molecule has 0 bridgehead atoms. The molecular formula is C20H9Cl2N3O4S. The number of hydrogen-bond acceptors (Lipinski definition) is 6. The van der Waals surface area contributed by atoms with E-state index < -0.39 is 4.92 Å². The molecule has 5 rings (SSSR count). The number of furan rings is 1. The zero-order valence-corrected chi connectivity index (χ0v) is 17.2. The highest BCUT2D eigenvalue weighted by Crippen LogP contribution is 2.37. The fourth-order valence-electron chi connectivity index (χ4n) is 3.18. The normalized spacial score (nSPS) is 12.3. The number of benzene rings is 2. The summed E-state index contributed by atoms with van der Waals surface area (Å²) in [5, 5.41) is 11.1. The monoisotopic (exact) mass is 457 g/mol. The fraction of sp³-hybridized carbons (Fsp3) is 0. The Morgan fingerprint density at radius 1 is 1.13 bits per heavy atom. The van der Waals surface area contributed by atoms with E-state index in [1.807, 2.05) is 24.3 Å². The van der Waals surface area contributed by atoms with Crippen LogP contribution in [0.2, 0.25) is 10.0 Å². The second kappa shape index (κ2) is 6.94. The first-order valence-corrected chi connectivity index (χ1v) is 10.1. The van der Waals surface area contributed by atoms with Gasteiger partial charge in [0.1, 0.15) is 21.1 Å². The number of halogens is 2. The SMILES string of the molecule is O=c1c(=Cc2ccc(-c3cc(Cl)c([N+](=O)[O-])cc3Cl)o2)sc2nc3ccccc3n12. The minimum atomic E-state index is -0.605. The molecule has 0 radical (unpaired) electrons. The van der Waals surface area contributed by atoms with Crippen LogP contribution >= 0.6 is 34.5 Å². The van der Waals surface area contributed by atoms with Crippen LogP contribution < -0.4 is 10.1 Å². The van der Waals surface area contributed by atoms with E-state index in [4.69, 9.17) is 27.6 Å². The van der Waals surface area contributed by atoms with E-state index in [2.05, 4.69) is 4.98 Å². The summed E-state index contributed by atoms with van der Waals surface area (Å²) in [5.41, 5.74) is 1.46. The number of thiazole rings is 1. The maximum Gasteiger partial charge on any atom is 0.289 e. The number of nitro groups is 1. The molecule has 0 aliphatic rings. The van der Waals surface area contributed by atoms with Gasteiger partial charge in [0.15, 0.2) is 4.96 Å². The minimum absolute atomic E-state index is 0.0467. The van der Waals surface area contributed by atoms with Crippen LogP contribution in [0.4, 0.5) is 5.69 Å². The first-order valence-electron chi connectivity index (χ1n) is 8.58. The van der Waals surface area contributed by atoms with Crippen LogP contribution in [-0.4, -0.2) is 14.3 Å². The number of para-hydroxylation sites is 2. The van der Waals surface area contributed by atoms with E-state index in [-0.39, 0.29) is 21.3 Å². The molecule has 7 nitrogen and oxygen atoms in total. The molecule has 3 heterocycles. The summed E-state index contributed by atoms with van der Waals surface area (Å²) in [6.07, 6.45) is 1.63. The molecular weight excluding hydrogens is 449 g/mol. The third-order valence-electron chi connectivity index (χ3n) is 4.54. The number of nitrogens with zero attached hydrogens (tertiary/aromatic N) is 3. The number of hydrogen-bond donors (Lipinski definition) is 0. The second-order valence-electron chi connectivity index (χ2n) is 6.38. The third-order valence-corrected chi connectivity index (χ3v) is 6.13. The van der Waals surface area contributed by atoms with Crippen LogP contribution in [0.3, 0.4) is 0 Å². The molecule has 0 fully saturated rings. The molecule has 0 N–H and O–H groups in total. The average molecular weight is 458 g/mol. The van der Waals surface area contributed by atoms with Crippen LogP contribution in [0.25, 0.3) is 33.4 Å². The number of nitro benzene ring substituents is 1. The number of imidazole rings is 1. The maximum atomic E-state index is 12.8. The predicted molar refractivity (Wildman–Crippen MR) is 116 cm³/mol. The lowest BCUT2D eigenvalue weighted by atomic mass is 10.1. The molecule has 5 aromatic rings. The van der Waals surface area contributed by atoms with Gasteiger partial charge in [-0.3, -0.25) is 14.9 Å². The zero-order chi connectivity index (χ0) is 21.0. The van der Waals surface area contributed by atoms with Crippen molar-refractivity contribution in [2.75, 3.05) is 0 Å². The first-order chi connectivity index (χ1) is 14.4. The van der Waals surface area contributed by atoms with Crippen molar-refractivity contribution >= 4 is 62.3 Å². The average Bonchev–Trinajstić information content (AvgIpc) is 3.39. The van der Waals surface area contributed by atoms with E-state index in [9.17, 15) is 14.9 Å². The van der Waals surface area contributed by atoms with Gasteiger partial charge in [-0.05, 0) is 30.3 Å². The van der Waals surface area contributed by atoms with Gasteiger partial charge >= 0.3 is 0 Å². The molecule has 0 aliphatic heterocycles. The molecule has 0 atom stereocenters. The number of fused-ring (bicyclic) bond motifs is 3. The lowest BCUT2D eigenvalue weighted by Gasteiger charge is -2.02. The zero-order valence-electron chi connectivity index (χ0n) is 14.8. The highest BCUT2D eigenvalue weighted by molar-refractivity contribution is 7.15. The topological polar surface area (TPSA) is 90.6 Å². The minimum Gasteiger partial charge on any atom is -0.457 e. The van der Waals surface area contributed by atoms with Crippen molar-refractivity contribution in [3.63, 3.8) is 0 Å². The summed E-state index contributed by atoms with van der Waals surface area (Å²) in [6, 6.07) is 13.3. The molecule has 0 saturated carbocycles. The van der Waals surface area contributed by atoms with Crippen LogP contribution in [0.1, 0.15) is 5.76 Å². The van der Waals surface area contributed by atoms with Crippen molar-refractivity contribution in [2.45, 2.75) is 0 Å². The molecule has 0 amide bonds. The Kier molecular flexibility index (Phi) is 4.35. The Hall–Kier alpha value is -3.20. The van der Waals surface area contributed by atoms with Gasteiger partial charge in [-0.1, -0.05) is 46.7 Å². The van der Waals surface area contributed by atoms with E-state index in [1.54, 1.807) is 22.6 Å². The standard InChI is InChI=1S/C20H9Cl2N3O4S/c21-12-9-16(25(27)28)13(22)8-11(12)17-6-5-10(29-17)7-18-19(26)24-15-4-2-1-3-14(15)23-20(24)30-18/h1-9H. The highest BCUT2D eigenvalue weighted by atomic mass is 35.5. The molecule has 3 aromatic heterocycles. The second-order valence-corrected chi connectivity index (χ2v) is 8.20. The lowest BCUT2D eigenvalue weighted by Crippen LogP contribution is -2.22. The summed E-state index contributed by atoms with van der Waals surface area (Å²) in [5.74, 6) is 0.809. The van der Waals surface area contributed by atoms with Gasteiger partial charge < -0.3 is 4.42 Å². The predicted octanol–water partition coefficient (Wildman–Crippen LogP) is 4.93. The third kappa shape index (κ3) is 2.97. The highest BCUT2D eigenvalue weighted by Gasteiger charge is 2.18. The largest absolute Gasteiger partial charge is 0.457 e. The van der Waals surface area contributed by atoms with Crippen molar-refractivity contribution in [2.24, 2.45) is 0 Å². The van der Waals surface area contributed by atoms with Gasteiger partial charge in [-0.25, -0.2) is 9.38 Å². The molecule has 2 aromatic carbocycles. The van der Waals surface area contributed by atoms with Crippen molar-refractivity contribution < 1.29 is 9.34 Å². The molecule has 0 spiro atoms. The van der Waals surface area contributed by atoms with Gasteiger partial charge in [0.25, 0.3) is 11.2 Å². The fourth-order valence-corrected chi connectivity index (χ4v) is 4.63. The Balaban J connectivity index is 1.59. The van der Waals surface area contributed by atoms with Crippen LogP contribution in [0.15, 0.2) is 57.7 Å². The van der Waals surface area contributed by atoms with Crippen molar-refractivity contribution in [1.29, 1.82) is 0 Å². The first kappa shape index (κ1) is 18.8. The summed E-state index contributed by atoms with van der Waals surface area (Å²) in [4.78, 5) is 28.3. The van der Waals surface area contributed by atoms with Gasteiger partial charge in [0.2, 0.25) is 0 Å². The molecule has 0 saturated heterocycles. The Labute approximate surface area is 181 Å². The smallest absolute Gasteiger partial charge is 0.289 e. The Morgan fingerprint density at radius 3 is 2.73 bits per heavy atom. The summed E-state index contributed by atoms with van der Waals surface area (Å²) < 4.78 is 7.84.